The third-order valence-corrected chi connectivity index (χ3v) is 7.77. The number of rotatable bonds is 1. The van der Waals surface area contributed by atoms with Gasteiger partial charge in [-0.05, 0) is 38.0 Å². The second-order valence-corrected chi connectivity index (χ2v) is 9.61. The fraction of sp³-hybridized carbons (Fsp3) is 0.250. The van der Waals surface area contributed by atoms with Crippen LogP contribution >= 0.6 is 0 Å². The molecule has 1 unspecified atom stereocenters. The van der Waals surface area contributed by atoms with Gasteiger partial charge in [0.2, 0.25) is 0 Å². The molecule has 1 aromatic heterocycles. The van der Waals surface area contributed by atoms with Crippen molar-refractivity contribution in [2.75, 3.05) is 0 Å². The first kappa shape index (κ1) is 16.1. The molecule has 1 atom stereocenters. The highest BCUT2D eigenvalue weighted by Crippen LogP contribution is 2.46. The summed E-state index contributed by atoms with van der Waals surface area (Å²) in [6, 6.07) is 15.6. The van der Waals surface area contributed by atoms with Crippen LogP contribution in [0.3, 0.4) is 0 Å². The second-order valence-electron chi connectivity index (χ2n) is 7.11. The zero-order valence-electron chi connectivity index (χ0n) is 14.4. The Morgan fingerprint density at radius 2 is 1.68 bits per heavy atom. The normalized spacial score (nSPS) is 20.5. The monoisotopic (exact) mass is 353 g/mol. The lowest BCUT2D eigenvalue weighted by Gasteiger charge is -2.40. The number of nitrogens with zero attached hydrogens (tertiary/aromatic N) is 1. The molecular weight excluding hydrogens is 334 g/mol. The Bertz CT molecular complexity index is 1160. The third kappa shape index (κ3) is 1.99. The van der Waals surface area contributed by atoms with E-state index in [1.807, 2.05) is 43.3 Å². The molecule has 1 aliphatic rings. The average molecular weight is 353 g/mol. The van der Waals surface area contributed by atoms with Crippen molar-refractivity contribution < 1.29 is 8.42 Å². The Hall–Kier alpha value is -2.40. The van der Waals surface area contributed by atoms with E-state index in [-0.39, 0.29) is 10.5 Å². The SMILES string of the molecule is Cc1cc(=O)n2c3c(cccc13)S(=O)(=O)C(C)(C)C2c1ccccc1. The number of benzene rings is 2. The van der Waals surface area contributed by atoms with Crippen molar-refractivity contribution in [1.29, 1.82) is 0 Å². The van der Waals surface area contributed by atoms with Crippen molar-refractivity contribution in [3.05, 3.63) is 76.1 Å². The van der Waals surface area contributed by atoms with Crippen molar-refractivity contribution in [3.63, 3.8) is 0 Å². The second kappa shape index (κ2) is 5.05. The minimum absolute atomic E-state index is 0.172. The van der Waals surface area contributed by atoms with E-state index < -0.39 is 20.6 Å². The van der Waals surface area contributed by atoms with E-state index in [0.717, 1.165) is 16.5 Å². The summed E-state index contributed by atoms with van der Waals surface area (Å²) in [6.07, 6.45) is 0. The van der Waals surface area contributed by atoms with Gasteiger partial charge in [-0.3, -0.25) is 9.36 Å². The molecule has 2 aromatic carbocycles. The van der Waals surface area contributed by atoms with E-state index in [2.05, 4.69) is 0 Å². The maximum atomic E-state index is 13.4. The van der Waals surface area contributed by atoms with Crippen LogP contribution in [0.1, 0.15) is 31.0 Å². The van der Waals surface area contributed by atoms with E-state index >= 15 is 0 Å². The minimum Gasteiger partial charge on any atom is -0.298 e. The van der Waals surface area contributed by atoms with Gasteiger partial charge in [-0.1, -0.05) is 42.5 Å². The summed E-state index contributed by atoms with van der Waals surface area (Å²) in [6.45, 7) is 5.25. The predicted octanol–water partition coefficient (Wildman–Crippen LogP) is 3.47. The first-order valence-corrected chi connectivity index (χ1v) is 9.69. The molecule has 0 fully saturated rings. The highest BCUT2D eigenvalue weighted by molar-refractivity contribution is 7.93. The van der Waals surface area contributed by atoms with Crippen LogP contribution in [0, 0.1) is 6.92 Å². The summed E-state index contributed by atoms with van der Waals surface area (Å²) >= 11 is 0. The molecule has 0 bridgehead atoms. The molecule has 25 heavy (non-hydrogen) atoms. The van der Waals surface area contributed by atoms with Gasteiger partial charge >= 0.3 is 0 Å². The van der Waals surface area contributed by atoms with Crippen LogP contribution in [-0.4, -0.2) is 17.7 Å². The Balaban J connectivity index is 2.27. The van der Waals surface area contributed by atoms with Crippen molar-refractivity contribution >= 4 is 20.7 Å². The van der Waals surface area contributed by atoms with Crippen molar-refractivity contribution in [1.82, 2.24) is 4.57 Å². The molecule has 0 saturated heterocycles. The summed E-state index contributed by atoms with van der Waals surface area (Å²) in [5.41, 5.74) is 1.95. The lowest BCUT2D eigenvalue weighted by atomic mass is 9.93. The van der Waals surface area contributed by atoms with Crippen molar-refractivity contribution in [3.8, 4) is 0 Å². The quantitative estimate of drug-likeness (QED) is 0.673. The van der Waals surface area contributed by atoms with Gasteiger partial charge in [-0.2, -0.15) is 0 Å². The van der Waals surface area contributed by atoms with Gasteiger partial charge in [-0.25, -0.2) is 8.42 Å². The lowest BCUT2D eigenvalue weighted by molar-refractivity contribution is 0.427. The molecule has 3 aromatic rings. The number of hydrogen-bond donors (Lipinski definition) is 0. The largest absolute Gasteiger partial charge is 0.298 e. The number of aromatic nitrogens is 1. The predicted molar refractivity (Wildman–Crippen MR) is 98.8 cm³/mol. The van der Waals surface area contributed by atoms with E-state index in [1.165, 1.54) is 0 Å². The number of aryl methyl sites for hydroxylation is 1. The van der Waals surface area contributed by atoms with Gasteiger partial charge < -0.3 is 0 Å². The molecule has 2 heterocycles. The number of hydrogen-bond acceptors (Lipinski definition) is 3. The maximum absolute atomic E-state index is 13.4. The molecule has 1 aliphatic heterocycles. The molecule has 5 heteroatoms. The molecule has 4 nitrogen and oxygen atoms in total. The van der Waals surface area contributed by atoms with Crippen LogP contribution in [-0.2, 0) is 9.84 Å². The van der Waals surface area contributed by atoms with Crippen LogP contribution in [0.25, 0.3) is 10.9 Å². The molecular formula is C20H19NO3S. The van der Waals surface area contributed by atoms with Crippen LogP contribution < -0.4 is 5.56 Å². The third-order valence-electron chi connectivity index (χ3n) is 5.26. The highest BCUT2D eigenvalue weighted by atomic mass is 32.2. The zero-order valence-corrected chi connectivity index (χ0v) is 15.2. The number of sulfone groups is 1. The molecule has 0 amide bonds. The van der Waals surface area contributed by atoms with Gasteiger partial charge in [0.15, 0.2) is 9.84 Å². The number of para-hydroxylation sites is 1. The van der Waals surface area contributed by atoms with Crippen LogP contribution in [0.5, 0.6) is 0 Å². The van der Waals surface area contributed by atoms with Gasteiger partial charge in [0, 0.05) is 11.5 Å². The Morgan fingerprint density at radius 3 is 2.36 bits per heavy atom. The van der Waals surface area contributed by atoms with Gasteiger partial charge in [0.1, 0.15) is 0 Å². The summed E-state index contributed by atoms with van der Waals surface area (Å²) in [5.74, 6) is 0. The summed E-state index contributed by atoms with van der Waals surface area (Å²) in [5, 5.41) is 0.803. The van der Waals surface area contributed by atoms with E-state index in [0.29, 0.717) is 5.52 Å². The molecule has 0 spiro atoms. The molecule has 0 saturated carbocycles. The Morgan fingerprint density at radius 1 is 1.00 bits per heavy atom. The summed E-state index contributed by atoms with van der Waals surface area (Å²) in [4.78, 5) is 13.2. The summed E-state index contributed by atoms with van der Waals surface area (Å²) < 4.78 is 27.3. The van der Waals surface area contributed by atoms with Gasteiger partial charge in [0.05, 0.1) is 21.2 Å². The smallest absolute Gasteiger partial charge is 0.251 e. The first-order chi connectivity index (χ1) is 11.8. The van der Waals surface area contributed by atoms with Crippen molar-refractivity contribution in [2.45, 2.75) is 36.5 Å². The first-order valence-electron chi connectivity index (χ1n) is 8.21. The Kier molecular flexibility index (Phi) is 3.25. The van der Waals surface area contributed by atoms with Gasteiger partial charge in [0.25, 0.3) is 5.56 Å². The molecule has 0 radical (unpaired) electrons. The molecule has 0 aliphatic carbocycles. The van der Waals surface area contributed by atoms with Crippen LogP contribution in [0.15, 0.2) is 64.3 Å². The minimum atomic E-state index is -3.62. The summed E-state index contributed by atoms with van der Waals surface area (Å²) in [7, 11) is -3.62. The topological polar surface area (TPSA) is 56.1 Å². The standard InChI is InChI=1S/C20H19NO3S/c1-13-12-17(22)21-18-15(13)10-7-11-16(18)25(23,24)20(2,3)19(21)14-8-5-4-6-9-14/h4-12,19H,1-3H3. The maximum Gasteiger partial charge on any atom is 0.251 e. The van der Waals surface area contributed by atoms with Crippen molar-refractivity contribution in [2.24, 2.45) is 0 Å². The average Bonchev–Trinajstić information content (AvgIpc) is 2.57. The van der Waals surface area contributed by atoms with Crippen LogP contribution in [0.2, 0.25) is 0 Å². The highest BCUT2D eigenvalue weighted by Gasteiger charge is 2.49. The van der Waals surface area contributed by atoms with E-state index in [1.54, 1.807) is 36.6 Å². The van der Waals surface area contributed by atoms with Crippen LogP contribution in [0.4, 0.5) is 0 Å². The van der Waals surface area contributed by atoms with E-state index in [9.17, 15) is 13.2 Å². The molecule has 0 N–H and O–H groups in total. The Labute approximate surface area is 146 Å². The fourth-order valence-corrected chi connectivity index (χ4v) is 5.75. The molecule has 128 valence electrons. The fourth-order valence-electron chi connectivity index (χ4n) is 3.93. The number of pyridine rings is 1. The zero-order chi connectivity index (χ0) is 18.0. The molecule has 4 rings (SSSR count). The van der Waals surface area contributed by atoms with Gasteiger partial charge in [-0.15, -0.1) is 0 Å². The lowest BCUT2D eigenvalue weighted by Crippen LogP contribution is -2.48. The van der Waals surface area contributed by atoms with E-state index in [4.69, 9.17) is 0 Å².